The zero-order valence-electron chi connectivity index (χ0n) is 8.46. The molecule has 1 rings (SSSR count). The first-order chi connectivity index (χ1) is 6.58. The van der Waals surface area contributed by atoms with Gasteiger partial charge in [0.15, 0.2) is 0 Å². The average molecular weight is 231 g/mol. The lowest BCUT2D eigenvalue weighted by Gasteiger charge is -2.04. The molecule has 0 saturated heterocycles. The molecule has 0 amide bonds. The molecule has 0 aliphatic heterocycles. The Labute approximate surface area is 94.2 Å². The number of anilines is 1. The Balaban J connectivity index is 2.50. The van der Waals surface area contributed by atoms with Crippen molar-refractivity contribution in [1.29, 1.82) is 0 Å². The highest BCUT2D eigenvalue weighted by Gasteiger charge is 2.01. The van der Waals surface area contributed by atoms with E-state index in [0.29, 0.717) is 10.8 Å². The quantitative estimate of drug-likeness (QED) is 0.636. The van der Waals surface area contributed by atoms with E-state index in [2.05, 4.69) is 18.8 Å². The van der Waals surface area contributed by atoms with Crippen LogP contribution in [0.2, 0.25) is 5.15 Å². The summed E-state index contributed by atoms with van der Waals surface area (Å²) in [5, 5.41) is 1.38. The van der Waals surface area contributed by atoms with E-state index in [9.17, 15) is 0 Å². The number of halogens is 1. The molecule has 1 aromatic heterocycles. The summed E-state index contributed by atoms with van der Waals surface area (Å²) < 4.78 is 0. The summed E-state index contributed by atoms with van der Waals surface area (Å²) in [4.78, 5) is 4.18. The fourth-order valence-corrected chi connectivity index (χ4v) is 2.41. The van der Waals surface area contributed by atoms with Gasteiger partial charge in [-0.2, -0.15) is 0 Å². The molecule has 78 valence electrons. The molecule has 1 heterocycles. The standard InChI is InChI=1S/C10H15ClN2S/c1-7(2)3-4-14-10-6-8(12)5-9(11)13-10/h5-7H,3-4H2,1-2H3,(H2,12,13). The van der Waals surface area contributed by atoms with Crippen molar-refractivity contribution in [3.8, 4) is 0 Å². The maximum Gasteiger partial charge on any atom is 0.132 e. The Hall–Kier alpha value is -0.410. The Kier molecular flexibility index (Phi) is 4.55. The van der Waals surface area contributed by atoms with E-state index in [4.69, 9.17) is 17.3 Å². The first kappa shape index (κ1) is 11.7. The zero-order chi connectivity index (χ0) is 10.6. The van der Waals surface area contributed by atoms with Gasteiger partial charge in [-0.3, -0.25) is 0 Å². The van der Waals surface area contributed by atoms with E-state index < -0.39 is 0 Å². The van der Waals surface area contributed by atoms with Crippen molar-refractivity contribution >= 4 is 29.1 Å². The second kappa shape index (κ2) is 5.47. The number of nitrogens with two attached hydrogens (primary N) is 1. The second-order valence-electron chi connectivity index (χ2n) is 3.59. The number of rotatable bonds is 4. The molecule has 0 aliphatic rings. The van der Waals surface area contributed by atoms with Crippen LogP contribution in [-0.4, -0.2) is 10.7 Å². The van der Waals surface area contributed by atoms with Crippen molar-refractivity contribution in [1.82, 2.24) is 4.98 Å². The monoisotopic (exact) mass is 230 g/mol. The van der Waals surface area contributed by atoms with E-state index >= 15 is 0 Å². The minimum atomic E-state index is 0.469. The lowest BCUT2D eigenvalue weighted by atomic mass is 10.2. The molecule has 0 unspecified atom stereocenters. The molecule has 0 aliphatic carbocycles. The second-order valence-corrected chi connectivity index (χ2v) is 5.09. The Morgan fingerprint density at radius 2 is 2.21 bits per heavy atom. The van der Waals surface area contributed by atoms with Crippen molar-refractivity contribution in [2.75, 3.05) is 11.5 Å². The van der Waals surface area contributed by atoms with Crippen LogP contribution in [0.1, 0.15) is 20.3 Å². The van der Waals surface area contributed by atoms with Gasteiger partial charge in [-0.1, -0.05) is 25.4 Å². The van der Waals surface area contributed by atoms with Crippen LogP contribution in [0.5, 0.6) is 0 Å². The maximum atomic E-state index is 5.79. The van der Waals surface area contributed by atoms with E-state index in [1.807, 2.05) is 6.07 Å². The van der Waals surface area contributed by atoms with Gasteiger partial charge >= 0.3 is 0 Å². The molecule has 0 fully saturated rings. The van der Waals surface area contributed by atoms with Gasteiger partial charge < -0.3 is 5.73 Å². The molecule has 14 heavy (non-hydrogen) atoms. The summed E-state index contributed by atoms with van der Waals surface area (Å²) in [5.41, 5.74) is 6.33. The van der Waals surface area contributed by atoms with E-state index in [1.165, 1.54) is 6.42 Å². The number of aromatic nitrogens is 1. The SMILES string of the molecule is CC(C)CCSc1cc(N)cc(Cl)n1. The topological polar surface area (TPSA) is 38.9 Å². The van der Waals surface area contributed by atoms with Crippen LogP contribution < -0.4 is 5.73 Å². The van der Waals surface area contributed by atoms with Crippen molar-refractivity contribution in [3.63, 3.8) is 0 Å². The summed E-state index contributed by atoms with van der Waals surface area (Å²) in [7, 11) is 0. The molecule has 0 spiro atoms. The average Bonchev–Trinajstić information content (AvgIpc) is 2.01. The van der Waals surface area contributed by atoms with Crippen LogP contribution in [-0.2, 0) is 0 Å². The lowest BCUT2D eigenvalue weighted by molar-refractivity contribution is 0.632. The van der Waals surface area contributed by atoms with Gasteiger partial charge in [-0.05, 0) is 30.2 Å². The summed E-state index contributed by atoms with van der Waals surface area (Å²) >= 11 is 7.49. The molecular weight excluding hydrogens is 216 g/mol. The number of thioether (sulfide) groups is 1. The number of hydrogen-bond acceptors (Lipinski definition) is 3. The van der Waals surface area contributed by atoms with Crippen molar-refractivity contribution in [3.05, 3.63) is 17.3 Å². The molecule has 0 saturated carbocycles. The predicted molar refractivity (Wildman–Crippen MR) is 63.8 cm³/mol. The summed E-state index contributed by atoms with van der Waals surface area (Å²) in [6.45, 7) is 4.42. The van der Waals surface area contributed by atoms with Gasteiger partial charge in [0.2, 0.25) is 0 Å². The fourth-order valence-electron chi connectivity index (χ4n) is 0.965. The number of hydrogen-bond donors (Lipinski definition) is 1. The summed E-state index contributed by atoms with van der Waals surface area (Å²) in [5.74, 6) is 1.78. The zero-order valence-corrected chi connectivity index (χ0v) is 10.0. The van der Waals surface area contributed by atoms with E-state index in [0.717, 1.165) is 16.7 Å². The minimum absolute atomic E-state index is 0.469. The molecule has 0 aromatic carbocycles. The van der Waals surface area contributed by atoms with Crippen LogP contribution in [0.25, 0.3) is 0 Å². The van der Waals surface area contributed by atoms with Gasteiger partial charge in [0.1, 0.15) is 5.15 Å². The molecule has 1 aromatic rings. The summed E-state index contributed by atoms with van der Waals surface area (Å²) in [6.07, 6.45) is 1.18. The molecule has 2 nitrogen and oxygen atoms in total. The van der Waals surface area contributed by atoms with Gasteiger partial charge in [-0.25, -0.2) is 4.98 Å². The Morgan fingerprint density at radius 1 is 1.50 bits per heavy atom. The molecule has 0 radical (unpaired) electrons. The van der Waals surface area contributed by atoms with Crippen LogP contribution in [0.15, 0.2) is 17.2 Å². The minimum Gasteiger partial charge on any atom is -0.399 e. The first-order valence-electron chi connectivity index (χ1n) is 4.64. The van der Waals surface area contributed by atoms with Gasteiger partial charge in [0.05, 0.1) is 5.03 Å². The molecule has 0 bridgehead atoms. The Bertz CT molecular complexity index is 282. The lowest BCUT2D eigenvalue weighted by Crippen LogP contribution is -1.92. The van der Waals surface area contributed by atoms with Gasteiger partial charge in [0.25, 0.3) is 0 Å². The van der Waals surface area contributed by atoms with Crippen molar-refractivity contribution in [2.45, 2.75) is 25.3 Å². The van der Waals surface area contributed by atoms with Crippen LogP contribution in [0, 0.1) is 5.92 Å². The highest BCUT2D eigenvalue weighted by Crippen LogP contribution is 2.22. The maximum absolute atomic E-state index is 5.79. The van der Waals surface area contributed by atoms with Crippen LogP contribution >= 0.6 is 23.4 Å². The molecule has 4 heteroatoms. The Morgan fingerprint density at radius 3 is 2.79 bits per heavy atom. The fraction of sp³-hybridized carbons (Fsp3) is 0.500. The van der Waals surface area contributed by atoms with Crippen molar-refractivity contribution in [2.24, 2.45) is 5.92 Å². The number of nitrogens with zero attached hydrogens (tertiary/aromatic N) is 1. The number of nitrogen functional groups attached to an aromatic ring is 1. The van der Waals surface area contributed by atoms with E-state index in [1.54, 1.807) is 17.8 Å². The first-order valence-corrected chi connectivity index (χ1v) is 6.00. The molecule has 2 N–H and O–H groups in total. The van der Waals surface area contributed by atoms with E-state index in [-0.39, 0.29) is 0 Å². The smallest absolute Gasteiger partial charge is 0.132 e. The third-order valence-electron chi connectivity index (χ3n) is 1.74. The highest BCUT2D eigenvalue weighted by molar-refractivity contribution is 7.99. The van der Waals surface area contributed by atoms with Gasteiger partial charge in [-0.15, -0.1) is 11.8 Å². The van der Waals surface area contributed by atoms with Crippen LogP contribution in [0.3, 0.4) is 0 Å². The molecular formula is C10H15ClN2S. The van der Waals surface area contributed by atoms with Gasteiger partial charge in [0, 0.05) is 5.69 Å². The highest BCUT2D eigenvalue weighted by atomic mass is 35.5. The largest absolute Gasteiger partial charge is 0.399 e. The predicted octanol–water partition coefficient (Wildman–Crippen LogP) is 3.46. The van der Waals surface area contributed by atoms with Crippen molar-refractivity contribution < 1.29 is 0 Å². The third-order valence-corrected chi connectivity index (χ3v) is 2.88. The third kappa shape index (κ3) is 4.20. The number of pyridine rings is 1. The van der Waals surface area contributed by atoms with Crippen LogP contribution in [0.4, 0.5) is 5.69 Å². The molecule has 0 atom stereocenters. The summed E-state index contributed by atoms with van der Waals surface area (Å²) in [6, 6.07) is 3.52. The normalized spacial score (nSPS) is 10.9.